The Balaban J connectivity index is 1.58. The number of fused-ring (bicyclic) bond motifs is 1. The summed E-state index contributed by atoms with van der Waals surface area (Å²) in [6.07, 6.45) is 6.19. The zero-order chi connectivity index (χ0) is 21.8. The topological polar surface area (TPSA) is 125 Å². The minimum absolute atomic E-state index is 0.168. The van der Waals surface area contributed by atoms with Gasteiger partial charge in [0.2, 0.25) is 0 Å². The molecule has 0 atom stereocenters. The molecule has 0 spiro atoms. The molecule has 1 saturated carbocycles. The SMILES string of the molecule is COC(=O)Cc1cccc(Cn2c(=O)[nH]c3c(N)nc(OCC4CCCCC4)nc32)c1. The first-order valence-electron chi connectivity index (χ1n) is 10.6. The summed E-state index contributed by atoms with van der Waals surface area (Å²) < 4.78 is 12.1. The maximum Gasteiger partial charge on any atom is 0.328 e. The van der Waals surface area contributed by atoms with Crippen LogP contribution in [0.4, 0.5) is 5.82 Å². The number of methoxy groups -OCH3 is 1. The van der Waals surface area contributed by atoms with Crippen LogP contribution in [-0.4, -0.2) is 39.2 Å². The molecule has 0 bridgehead atoms. The van der Waals surface area contributed by atoms with E-state index in [-0.39, 0.29) is 36.5 Å². The van der Waals surface area contributed by atoms with Gasteiger partial charge < -0.3 is 20.2 Å². The average Bonchev–Trinajstić information content (AvgIpc) is 3.09. The Hall–Kier alpha value is -3.36. The number of esters is 1. The Morgan fingerprint density at radius 2 is 2.00 bits per heavy atom. The number of hydrogen-bond donors (Lipinski definition) is 2. The van der Waals surface area contributed by atoms with Crippen molar-refractivity contribution < 1.29 is 14.3 Å². The van der Waals surface area contributed by atoms with Crippen molar-refractivity contribution in [3.05, 3.63) is 45.9 Å². The summed E-state index contributed by atoms with van der Waals surface area (Å²) in [7, 11) is 1.36. The summed E-state index contributed by atoms with van der Waals surface area (Å²) in [4.78, 5) is 35.6. The number of hydrogen-bond acceptors (Lipinski definition) is 7. The number of nitrogens with two attached hydrogens (primary N) is 1. The third-order valence-electron chi connectivity index (χ3n) is 5.71. The first-order valence-corrected chi connectivity index (χ1v) is 10.6. The molecule has 1 aliphatic carbocycles. The number of nitrogens with one attached hydrogen (secondary N) is 1. The number of imidazole rings is 1. The van der Waals surface area contributed by atoms with Crippen molar-refractivity contribution in [3.8, 4) is 6.01 Å². The van der Waals surface area contributed by atoms with Crippen LogP contribution in [0, 0.1) is 5.92 Å². The predicted octanol–water partition coefficient (Wildman–Crippen LogP) is 2.42. The maximum absolute atomic E-state index is 12.6. The second-order valence-electron chi connectivity index (χ2n) is 7.99. The van der Waals surface area contributed by atoms with Gasteiger partial charge in [0.25, 0.3) is 0 Å². The van der Waals surface area contributed by atoms with Crippen molar-refractivity contribution in [2.24, 2.45) is 5.92 Å². The van der Waals surface area contributed by atoms with Crippen LogP contribution >= 0.6 is 0 Å². The van der Waals surface area contributed by atoms with Gasteiger partial charge in [-0.15, -0.1) is 0 Å². The van der Waals surface area contributed by atoms with Crippen molar-refractivity contribution in [1.82, 2.24) is 19.5 Å². The molecule has 0 amide bonds. The smallest absolute Gasteiger partial charge is 0.328 e. The number of anilines is 1. The van der Waals surface area contributed by atoms with Gasteiger partial charge in [-0.25, -0.2) is 4.79 Å². The number of nitrogen functional groups attached to an aromatic ring is 1. The Morgan fingerprint density at radius 1 is 1.23 bits per heavy atom. The van der Waals surface area contributed by atoms with Gasteiger partial charge in [0.05, 0.1) is 26.7 Å². The van der Waals surface area contributed by atoms with Gasteiger partial charge in [-0.2, -0.15) is 9.97 Å². The minimum Gasteiger partial charge on any atom is -0.469 e. The zero-order valence-corrected chi connectivity index (χ0v) is 17.6. The van der Waals surface area contributed by atoms with Gasteiger partial charge in [-0.1, -0.05) is 43.5 Å². The van der Waals surface area contributed by atoms with Gasteiger partial charge >= 0.3 is 17.7 Å². The number of aromatic nitrogens is 4. The van der Waals surface area contributed by atoms with Crippen LogP contribution in [0.25, 0.3) is 11.2 Å². The van der Waals surface area contributed by atoms with Crippen LogP contribution in [-0.2, 0) is 22.5 Å². The van der Waals surface area contributed by atoms with E-state index in [0.29, 0.717) is 23.7 Å². The van der Waals surface area contributed by atoms with E-state index >= 15 is 0 Å². The lowest BCUT2D eigenvalue weighted by Gasteiger charge is -2.21. The Morgan fingerprint density at radius 3 is 2.77 bits per heavy atom. The molecule has 1 fully saturated rings. The number of carbonyl (C=O) groups excluding carboxylic acids is 1. The van der Waals surface area contributed by atoms with E-state index in [0.717, 1.165) is 24.0 Å². The van der Waals surface area contributed by atoms with Crippen LogP contribution < -0.4 is 16.2 Å². The fourth-order valence-corrected chi connectivity index (χ4v) is 4.05. The van der Waals surface area contributed by atoms with Crippen molar-refractivity contribution >= 4 is 23.0 Å². The molecule has 1 aliphatic rings. The molecular weight excluding hydrogens is 398 g/mol. The molecule has 164 valence electrons. The summed E-state index contributed by atoms with van der Waals surface area (Å²) in [6.45, 7) is 0.821. The van der Waals surface area contributed by atoms with E-state index in [1.807, 2.05) is 24.3 Å². The Kier molecular flexibility index (Phi) is 6.20. The fraction of sp³-hybridized carbons (Fsp3) is 0.455. The number of rotatable bonds is 7. The number of aromatic amines is 1. The third kappa shape index (κ3) is 4.87. The number of nitrogens with zero attached hydrogens (tertiary/aromatic N) is 3. The molecule has 9 nitrogen and oxygen atoms in total. The largest absolute Gasteiger partial charge is 0.469 e. The molecule has 9 heteroatoms. The molecule has 3 N–H and O–H groups in total. The van der Waals surface area contributed by atoms with E-state index in [4.69, 9.17) is 15.2 Å². The third-order valence-corrected chi connectivity index (χ3v) is 5.71. The maximum atomic E-state index is 12.6. The zero-order valence-electron chi connectivity index (χ0n) is 17.6. The van der Waals surface area contributed by atoms with Crippen LogP contribution in [0.5, 0.6) is 6.01 Å². The molecule has 0 saturated heterocycles. The molecule has 2 aromatic heterocycles. The number of benzene rings is 1. The first kappa shape index (κ1) is 20.9. The van der Waals surface area contributed by atoms with Crippen molar-refractivity contribution in [1.29, 1.82) is 0 Å². The second-order valence-corrected chi connectivity index (χ2v) is 7.99. The van der Waals surface area contributed by atoms with Gasteiger partial charge in [0.1, 0.15) is 5.52 Å². The van der Waals surface area contributed by atoms with E-state index in [1.165, 1.54) is 30.9 Å². The van der Waals surface area contributed by atoms with Gasteiger partial charge in [0, 0.05) is 0 Å². The van der Waals surface area contributed by atoms with E-state index < -0.39 is 0 Å². The number of H-pyrrole nitrogens is 1. The highest BCUT2D eigenvalue weighted by Crippen LogP contribution is 2.25. The van der Waals surface area contributed by atoms with Crippen molar-refractivity contribution in [2.45, 2.75) is 45.1 Å². The Bertz CT molecular complexity index is 1130. The standard InChI is InChI=1S/C22H27N5O4/c1-30-17(28)11-15-8-5-9-16(10-15)12-27-20-18(24-22(27)29)19(23)25-21(26-20)31-13-14-6-3-2-4-7-14/h5,8-10,14H,2-4,6-7,11-13H2,1H3,(H,24,29)(H2,23,25,26). The summed E-state index contributed by atoms with van der Waals surface area (Å²) in [6, 6.07) is 7.62. The lowest BCUT2D eigenvalue weighted by Crippen LogP contribution is -2.18. The van der Waals surface area contributed by atoms with E-state index in [1.54, 1.807) is 0 Å². The normalized spacial score (nSPS) is 14.6. The van der Waals surface area contributed by atoms with Crippen LogP contribution in [0.15, 0.2) is 29.1 Å². The molecule has 2 heterocycles. The number of ether oxygens (including phenoxy) is 2. The molecule has 0 radical (unpaired) electrons. The van der Waals surface area contributed by atoms with Crippen LogP contribution in [0.1, 0.15) is 43.2 Å². The average molecular weight is 425 g/mol. The van der Waals surface area contributed by atoms with E-state index in [9.17, 15) is 9.59 Å². The molecular formula is C22H27N5O4. The molecule has 1 aromatic carbocycles. The highest BCUT2D eigenvalue weighted by atomic mass is 16.5. The first-order chi connectivity index (χ1) is 15.0. The predicted molar refractivity (Wildman–Crippen MR) is 116 cm³/mol. The fourth-order valence-electron chi connectivity index (χ4n) is 4.05. The lowest BCUT2D eigenvalue weighted by molar-refractivity contribution is -0.139. The lowest BCUT2D eigenvalue weighted by atomic mass is 9.90. The summed E-state index contributed by atoms with van der Waals surface area (Å²) in [5.74, 6) is 0.362. The highest BCUT2D eigenvalue weighted by Gasteiger charge is 2.18. The second kappa shape index (κ2) is 9.20. The molecule has 31 heavy (non-hydrogen) atoms. The summed E-state index contributed by atoms with van der Waals surface area (Å²) in [5.41, 5.74) is 8.18. The minimum atomic E-state index is -0.334. The summed E-state index contributed by atoms with van der Waals surface area (Å²) >= 11 is 0. The summed E-state index contributed by atoms with van der Waals surface area (Å²) in [5, 5.41) is 0. The molecule has 0 unspecified atom stereocenters. The van der Waals surface area contributed by atoms with Gasteiger partial charge in [-0.3, -0.25) is 9.36 Å². The highest BCUT2D eigenvalue weighted by molar-refractivity contribution is 5.82. The molecule has 3 aromatic rings. The monoisotopic (exact) mass is 425 g/mol. The molecule has 0 aliphatic heterocycles. The van der Waals surface area contributed by atoms with Gasteiger partial charge in [-0.05, 0) is 29.9 Å². The van der Waals surface area contributed by atoms with Crippen molar-refractivity contribution in [3.63, 3.8) is 0 Å². The van der Waals surface area contributed by atoms with Crippen LogP contribution in [0.3, 0.4) is 0 Å². The molecule has 4 rings (SSSR count). The van der Waals surface area contributed by atoms with E-state index in [2.05, 4.69) is 15.0 Å². The Labute approximate surface area is 179 Å². The van der Waals surface area contributed by atoms with Crippen LogP contribution in [0.2, 0.25) is 0 Å². The quantitative estimate of drug-likeness (QED) is 0.557. The van der Waals surface area contributed by atoms with Crippen molar-refractivity contribution in [2.75, 3.05) is 19.5 Å². The van der Waals surface area contributed by atoms with Gasteiger partial charge in [0.15, 0.2) is 11.5 Å². The number of carbonyl (C=O) groups is 1.